The monoisotopic (exact) mass is 330 g/mol. The SMILES string of the molecule is CC(C)C(=O)Nc1ccc(CN=C(N)NC2CCCCCC2)cc1. The van der Waals surface area contributed by atoms with Crippen molar-refractivity contribution < 1.29 is 4.79 Å². The first-order valence-electron chi connectivity index (χ1n) is 9.01. The lowest BCUT2D eigenvalue weighted by atomic mass is 10.1. The van der Waals surface area contributed by atoms with Crippen LogP contribution in [0.3, 0.4) is 0 Å². The molecule has 2 rings (SSSR count). The Morgan fingerprint density at radius 2 is 1.79 bits per heavy atom. The van der Waals surface area contributed by atoms with Gasteiger partial charge in [-0.15, -0.1) is 0 Å². The summed E-state index contributed by atoms with van der Waals surface area (Å²) >= 11 is 0. The second-order valence-corrected chi connectivity index (χ2v) is 6.88. The lowest BCUT2D eigenvalue weighted by Crippen LogP contribution is -2.39. The standard InChI is InChI=1S/C19H30N4O/c1-14(2)18(24)22-17-11-9-15(10-12-17)13-21-19(20)23-16-7-5-3-4-6-8-16/h9-12,14,16H,3-8,13H2,1-2H3,(H,22,24)(H3,20,21,23). The number of aliphatic imine (C=N–C) groups is 1. The van der Waals surface area contributed by atoms with E-state index < -0.39 is 0 Å². The third kappa shape index (κ3) is 6.22. The van der Waals surface area contributed by atoms with Crippen LogP contribution in [0.15, 0.2) is 29.3 Å². The van der Waals surface area contributed by atoms with Crippen LogP contribution in [0.4, 0.5) is 5.69 Å². The molecule has 0 radical (unpaired) electrons. The maximum Gasteiger partial charge on any atom is 0.226 e. The summed E-state index contributed by atoms with van der Waals surface area (Å²) in [5, 5.41) is 6.23. The Balaban J connectivity index is 1.83. The van der Waals surface area contributed by atoms with E-state index in [9.17, 15) is 4.79 Å². The summed E-state index contributed by atoms with van der Waals surface area (Å²) in [6.07, 6.45) is 7.56. The van der Waals surface area contributed by atoms with E-state index in [-0.39, 0.29) is 11.8 Å². The van der Waals surface area contributed by atoms with Gasteiger partial charge in [0.2, 0.25) is 5.91 Å². The number of rotatable bonds is 5. The number of anilines is 1. The molecule has 0 unspecified atom stereocenters. The normalized spacial score (nSPS) is 16.7. The number of nitrogens with two attached hydrogens (primary N) is 1. The second-order valence-electron chi connectivity index (χ2n) is 6.88. The number of guanidine groups is 1. The molecule has 0 bridgehead atoms. The van der Waals surface area contributed by atoms with Crippen LogP contribution < -0.4 is 16.4 Å². The summed E-state index contributed by atoms with van der Waals surface area (Å²) in [6.45, 7) is 4.30. The minimum absolute atomic E-state index is 0.0239. The summed E-state index contributed by atoms with van der Waals surface area (Å²) in [7, 11) is 0. The topological polar surface area (TPSA) is 79.5 Å². The molecule has 1 amide bonds. The number of hydrogen-bond acceptors (Lipinski definition) is 2. The summed E-state index contributed by atoms with van der Waals surface area (Å²) in [5.41, 5.74) is 7.90. The molecule has 0 atom stereocenters. The Labute approximate surface area is 145 Å². The zero-order chi connectivity index (χ0) is 17.4. The van der Waals surface area contributed by atoms with Crippen LogP contribution in [0.1, 0.15) is 57.9 Å². The quantitative estimate of drug-likeness (QED) is 0.440. The van der Waals surface area contributed by atoms with Gasteiger partial charge < -0.3 is 16.4 Å². The van der Waals surface area contributed by atoms with Crippen molar-refractivity contribution >= 4 is 17.6 Å². The molecule has 0 aromatic heterocycles. The van der Waals surface area contributed by atoms with E-state index in [1.54, 1.807) is 0 Å². The molecule has 0 spiro atoms. The van der Waals surface area contributed by atoms with Crippen LogP contribution in [0.5, 0.6) is 0 Å². The van der Waals surface area contributed by atoms with Gasteiger partial charge in [-0.25, -0.2) is 4.99 Å². The predicted molar refractivity (Wildman–Crippen MR) is 99.9 cm³/mol. The molecule has 24 heavy (non-hydrogen) atoms. The zero-order valence-corrected chi connectivity index (χ0v) is 14.8. The average Bonchev–Trinajstić information content (AvgIpc) is 2.82. The molecule has 0 heterocycles. The van der Waals surface area contributed by atoms with Crippen molar-refractivity contribution in [1.82, 2.24) is 5.32 Å². The highest BCUT2D eigenvalue weighted by molar-refractivity contribution is 5.92. The molecule has 4 N–H and O–H groups in total. The molecule has 0 aliphatic heterocycles. The molecule has 0 saturated heterocycles. The van der Waals surface area contributed by atoms with Gasteiger partial charge in [-0.2, -0.15) is 0 Å². The molecule has 1 aromatic carbocycles. The Morgan fingerprint density at radius 3 is 2.38 bits per heavy atom. The van der Waals surface area contributed by atoms with Gasteiger partial charge in [-0.3, -0.25) is 4.79 Å². The van der Waals surface area contributed by atoms with Gasteiger partial charge in [-0.1, -0.05) is 51.7 Å². The Hall–Kier alpha value is -2.04. The smallest absolute Gasteiger partial charge is 0.226 e. The summed E-state index contributed by atoms with van der Waals surface area (Å²) in [6, 6.07) is 8.21. The molecular formula is C19H30N4O. The van der Waals surface area contributed by atoms with E-state index >= 15 is 0 Å². The van der Waals surface area contributed by atoms with Crippen molar-refractivity contribution in [2.45, 2.75) is 65.0 Å². The Bertz CT molecular complexity index is 543. The lowest BCUT2D eigenvalue weighted by molar-refractivity contribution is -0.118. The molecule has 1 saturated carbocycles. The third-order valence-corrected chi connectivity index (χ3v) is 4.39. The Kier molecular flexibility index (Phi) is 7.09. The van der Waals surface area contributed by atoms with Gasteiger partial charge in [0.1, 0.15) is 0 Å². The van der Waals surface area contributed by atoms with Gasteiger partial charge in [0, 0.05) is 17.6 Å². The van der Waals surface area contributed by atoms with Crippen molar-refractivity contribution in [1.29, 1.82) is 0 Å². The van der Waals surface area contributed by atoms with Gasteiger partial charge >= 0.3 is 0 Å². The van der Waals surface area contributed by atoms with Crippen LogP contribution in [0, 0.1) is 5.92 Å². The minimum atomic E-state index is -0.0239. The van der Waals surface area contributed by atoms with Crippen LogP contribution >= 0.6 is 0 Å². The lowest BCUT2D eigenvalue weighted by Gasteiger charge is -2.16. The fraction of sp³-hybridized carbons (Fsp3) is 0.579. The highest BCUT2D eigenvalue weighted by atomic mass is 16.1. The van der Waals surface area contributed by atoms with Crippen molar-refractivity contribution in [3.63, 3.8) is 0 Å². The maximum absolute atomic E-state index is 11.7. The average molecular weight is 330 g/mol. The number of amides is 1. The molecule has 1 fully saturated rings. The summed E-state index contributed by atoms with van der Waals surface area (Å²) < 4.78 is 0. The number of benzene rings is 1. The fourth-order valence-electron chi connectivity index (χ4n) is 2.84. The molecule has 1 aliphatic carbocycles. The van der Waals surface area contributed by atoms with Crippen molar-refractivity contribution in [2.24, 2.45) is 16.6 Å². The molecule has 5 heteroatoms. The predicted octanol–water partition coefficient (Wildman–Crippen LogP) is 3.41. The van der Waals surface area contributed by atoms with Crippen molar-refractivity contribution in [3.8, 4) is 0 Å². The van der Waals surface area contributed by atoms with Crippen LogP contribution in [-0.2, 0) is 11.3 Å². The van der Waals surface area contributed by atoms with Gasteiger partial charge in [0.15, 0.2) is 5.96 Å². The van der Waals surface area contributed by atoms with E-state index in [0.29, 0.717) is 18.5 Å². The van der Waals surface area contributed by atoms with Crippen LogP contribution in [0.25, 0.3) is 0 Å². The maximum atomic E-state index is 11.7. The molecule has 1 aliphatic rings. The van der Waals surface area contributed by atoms with Crippen LogP contribution in [-0.4, -0.2) is 17.9 Å². The number of hydrogen-bond donors (Lipinski definition) is 3. The molecule has 1 aromatic rings. The van der Waals surface area contributed by atoms with Crippen molar-refractivity contribution in [2.75, 3.05) is 5.32 Å². The number of nitrogens with one attached hydrogen (secondary N) is 2. The first-order valence-corrected chi connectivity index (χ1v) is 9.01. The summed E-state index contributed by atoms with van der Waals surface area (Å²) in [4.78, 5) is 16.1. The third-order valence-electron chi connectivity index (χ3n) is 4.39. The van der Waals surface area contributed by atoms with E-state index in [2.05, 4.69) is 15.6 Å². The second kappa shape index (κ2) is 9.30. The first-order chi connectivity index (χ1) is 11.5. The molecule has 132 valence electrons. The van der Waals surface area contributed by atoms with Gasteiger partial charge in [0.05, 0.1) is 6.54 Å². The zero-order valence-electron chi connectivity index (χ0n) is 14.8. The number of carbonyl (C=O) groups excluding carboxylic acids is 1. The van der Waals surface area contributed by atoms with Gasteiger partial charge in [-0.05, 0) is 30.5 Å². The highest BCUT2D eigenvalue weighted by Gasteiger charge is 2.12. The van der Waals surface area contributed by atoms with E-state index in [1.165, 1.54) is 38.5 Å². The minimum Gasteiger partial charge on any atom is -0.370 e. The number of carbonyl (C=O) groups is 1. The first kappa shape index (κ1) is 18.3. The van der Waals surface area contributed by atoms with Gasteiger partial charge in [0.25, 0.3) is 0 Å². The molecular weight excluding hydrogens is 300 g/mol. The molecule has 5 nitrogen and oxygen atoms in total. The summed E-state index contributed by atoms with van der Waals surface area (Å²) in [5.74, 6) is 0.529. The van der Waals surface area contributed by atoms with Crippen molar-refractivity contribution in [3.05, 3.63) is 29.8 Å². The van der Waals surface area contributed by atoms with Crippen LogP contribution in [0.2, 0.25) is 0 Å². The number of nitrogens with zero attached hydrogens (tertiary/aromatic N) is 1. The fourth-order valence-corrected chi connectivity index (χ4v) is 2.84. The highest BCUT2D eigenvalue weighted by Crippen LogP contribution is 2.17. The Morgan fingerprint density at radius 1 is 1.17 bits per heavy atom. The van der Waals surface area contributed by atoms with E-state index in [0.717, 1.165) is 11.3 Å². The largest absolute Gasteiger partial charge is 0.370 e. The van der Waals surface area contributed by atoms with E-state index in [1.807, 2.05) is 38.1 Å². The van der Waals surface area contributed by atoms with E-state index in [4.69, 9.17) is 5.73 Å².